The monoisotopic (exact) mass is 271 g/mol. The number of ether oxygens (including phenoxy) is 1. The van der Waals surface area contributed by atoms with Crippen molar-refractivity contribution >= 4 is 10.0 Å². The smallest absolute Gasteiger partial charge is 0.241 e. The van der Waals surface area contributed by atoms with Crippen molar-refractivity contribution in [1.29, 1.82) is 0 Å². The molecule has 4 nitrogen and oxygen atoms in total. The number of aryl methyl sites for hydroxylation is 2. The predicted octanol–water partition coefficient (Wildman–Crippen LogP) is 2.39. The van der Waals surface area contributed by atoms with Gasteiger partial charge in [0.1, 0.15) is 5.75 Å². The summed E-state index contributed by atoms with van der Waals surface area (Å²) >= 11 is 0. The predicted molar refractivity (Wildman–Crippen MR) is 72.6 cm³/mol. The highest BCUT2D eigenvalue weighted by Crippen LogP contribution is 2.25. The van der Waals surface area contributed by atoms with Crippen LogP contribution in [0.3, 0.4) is 0 Å². The fourth-order valence-electron chi connectivity index (χ4n) is 1.91. The Morgan fingerprint density at radius 1 is 1.22 bits per heavy atom. The van der Waals surface area contributed by atoms with Gasteiger partial charge in [-0.05, 0) is 43.5 Å². The van der Waals surface area contributed by atoms with Crippen molar-refractivity contribution in [2.45, 2.75) is 38.5 Å². The fourth-order valence-corrected chi connectivity index (χ4v) is 3.43. The Kier molecular flexibility index (Phi) is 5.16. The van der Waals surface area contributed by atoms with Crippen molar-refractivity contribution in [3.63, 3.8) is 0 Å². The van der Waals surface area contributed by atoms with Gasteiger partial charge in [0.2, 0.25) is 10.0 Å². The Bertz CT molecular complexity index is 486. The average molecular weight is 271 g/mol. The lowest BCUT2D eigenvalue weighted by molar-refractivity contribution is 0.413. The highest BCUT2D eigenvalue weighted by atomic mass is 32.2. The highest BCUT2D eigenvalue weighted by Gasteiger charge is 2.19. The topological polar surface area (TPSA) is 55.4 Å². The lowest BCUT2D eigenvalue weighted by Crippen LogP contribution is -2.26. The second-order valence-electron chi connectivity index (χ2n) is 4.34. The van der Waals surface area contributed by atoms with E-state index < -0.39 is 10.0 Å². The van der Waals surface area contributed by atoms with E-state index >= 15 is 0 Å². The van der Waals surface area contributed by atoms with E-state index in [1.807, 2.05) is 6.92 Å². The first kappa shape index (κ1) is 15.0. The number of hydrogen-bond acceptors (Lipinski definition) is 3. The van der Waals surface area contributed by atoms with Crippen LogP contribution in [-0.2, 0) is 10.0 Å². The first-order chi connectivity index (χ1) is 8.42. The summed E-state index contributed by atoms with van der Waals surface area (Å²) in [6.07, 6.45) is 1.80. The minimum atomic E-state index is -3.42. The molecule has 0 saturated heterocycles. The summed E-state index contributed by atoms with van der Waals surface area (Å²) in [7, 11) is -1.85. The quantitative estimate of drug-likeness (QED) is 0.808. The first-order valence-electron chi connectivity index (χ1n) is 6.07. The molecule has 0 aliphatic heterocycles. The van der Waals surface area contributed by atoms with Crippen LogP contribution < -0.4 is 9.46 Å². The molecule has 0 bridgehead atoms. The lowest BCUT2D eigenvalue weighted by atomic mass is 10.1. The maximum absolute atomic E-state index is 12.2. The van der Waals surface area contributed by atoms with Gasteiger partial charge in [-0.15, -0.1) is 0 Å². The van der Waals surface area contributed by atoms with E-state index in [0.29, 0.717) is 28.3 Å². The molecule has 0 atom stereocenters. The summed E-state index contributed by atoms with van der Waals surface area (Å²) in [5.74, 6) is 0.678. The molecular formula is C13H21NO3S. The summed E-state index contributed by atoms with van der Waals surface area (Å²) in [4.78, 5) is 0.361. The van der Waals surface area contributed by atoms with E-state index in [2.05, 4.69) is 4.72 Å². The zero-order valence-corrected chi connectivity index (χ0v) is 12.2. The molecule has 0 spiro atoms. The van der Waals surface area contributed by atoms with Gasteiger partial charge in [-0.25, -0.2) is 13.1 Å². The standard InChI is InChI=1S/C13H21NO3S/c1-5-6-7-14-18(15,16)13-10(2)8-12(17-4)9-11(13)3/h8-9,14H,5-7H2,1-4H3. The molecule has 0 heterocycles. The van der Waals surface area contributed by atoms with E-state index in [0.717, 1.165) is 12.8 Å². The average Bonchev–Trinajstić information content (AvgIpc) is 2.27. The van der Waals surface area contributed by atoms with Crippen LogP contribution in [0.2, 0.25) is 0 Å². The van der Waals surface area contributed by atoms with Crippen LogP contribution in [0.5, 0.6) is 5.75 Å². The highest BCUT2D eigenvalue weighted by molar-refractivity contribution is 7.89. The molecule has 1 rings (SSSR count). The van der Waals surface area contributed by atoms with Crippen LogP contribution in [0.4, 0.5) is 0 Å². The summed E-state index contributed by atoms with van der Waals surface area (Å²) in [6, 6.07) is 3.47. The Morgan fingerprint density at radius 2 is 1.78 bits per heavy atom. The Balaban J connectivity index is 3.09. The van der Waals surface area contributed by atoms with Gasteiger partial charge in [-0.1, -0.05) is 13.3 Å². The maximum atomic E-state index is 12.2. The molecule has 0 aliphatic carbocycles. The summed E-state index contributed by atoms with van der Waals surface area (Å²) in [5.41, 5.74) is 1.41. The van der Waals surface area contributed by atoms with E-state index in [9.17, 15) is 8.42 Å². The van der Waals surface area contributed by atoms with Crippen LogP contribution in [0.1, 0.15) is 30.9 Å². The third kappa shape index (κ3) is 3.46. The van der Waals surface area contributed by atoms with Gasteiger partial charge < -0.3 is 4.74 Å². The number of hydrogen-bond donors (Lipinski definition) is 1. The van der Waals surface area contributed by atoms with Gasteiger partial charge in [-0.3, -0.25) is 0 Å². The zero-order valence-electron chi connectivity index (χ0n) is 11.4. The van der Waals surface area contributed by atoms with Crippen LogP contribution in [0, 0.1) is 13.8 Å². The lowest BCUT2D eigenvalue weighted by Gasteiger charge is -2.13. The summed E-state index contributed by atoms with van der Waals surface area (Å²) in [6.45, 7) is 6.07. The molecule has 1 aromatic carbocycles. The molecule has 0 saturated carbocycles. The van der Waals surface area contributed by atoms with Crippen LogP contribution in [0.15, 0.2) is 17.0 Å². The number of methoxy groups -OCH3 is 1. The largest absolute Gasteiger partial charge is 0.497 e. The maximum Gasteiger partial charge on any atom is 0.241 e. The number of unbranched alkanes of at least 4 members (excludes halogenated alkanes) is 1. The third-order valence-electron chi connectivity index (χ3n) is 2.76. The second-order valence-corrected chi connectivity index (χ2v) is 6.05. The van der Waals surface area contributed by atoms with Crippen molar-refractivity contribution < 1.29 is 13.2 Å². The molecule has 1 aromatic rings. The van der Waals surface area contributed by atoms with Crippen molar-refractivity contribution in [3.8, 4) is 5.75 Å². The first-order valence-corrected chi connectivity index (χ1v) is 7.55. The minimum absolute atomic E-state index is 0.361. The second kappa shape index (κ2) is 6.20. The Hall–Kier alpha value is -1.07. The molecule has 18 heavy (non-hydrogen) atoms. The van der Waals surface area contributed by atoms with Gasteiger partial charge in [-0.2, -0.15) is 0 Å². The molecule has 0 radical (unpaired) electrons. The summed E-state index contributed by atoms with van der Waals surface area (Å²) in [5, 5.41) is 0. The molecule has 0 aliphatic rings. The molecule has 0 unspecified atom stereocenters. The molecule has 5 heteroatoms. The van der Waals surface area contributed by atoms with Crippen LogP contribution in [-0.4, -0.2) is 22.1 Å². The zero-order chi connectivity index (χ0) is 13.8. The molecule has 102 valence electrons. The number of sulfonamides is 1. The third-order valence-corrected chi connectivity index (χ3v) is 4.53. The van der Waals surface area contributed by atoms with Gasteiger partial charge >= 0.3 is 0 Å². The molecular weight excluding hydrogens is 250 g/mol. The van der Waals surface area contributed by atoms with Crippen molar-refractivity contribution in [3.05, 3.63) is 23.3 Å². The van der Waals surface area contributed by atoms with E-state index in [1.165, 1.54) is 0 Å². The fraction of sp³-hybridized carbons (Fsp3) is 0.538. The number of rotatable bonds is 6. The Morgan fingerprint density at radius 3 is 2.22 bits per heavy atom. The van der Waals surface area contributed by atoms with Crippen LogP contribution >= 0.6 is 0 Å². The Labute approximate surface area is 109 Å². The minimum Gasteiger partial charge on any atom is -0.497 e. The van der Waals surface area contributed by atoms with Crippen molar-refractivity contribution in [1.82, 2.24) is 4.72 Å². The van der Waals surface area contributed by atoms with Crippen molar-refractivity contribution in [2.75, 3.05) is 13.7 Å². The number of nitrogens with one attached hydrogen (secondary N) is 1. The van der Waals surface area contributed by atoms with Crippen molar-refractivity contribution in [2.24, 2.45) is 0 Å². The molecule has 0 fully saturated rings. The van der Waals surface area contributed by atoms with Gasteiger partial charge in [0.15, 0.2) is 0 Å². The van der Waals surface area contributed by atoms with Gasteiger partial charge in [0, 0.05) is 6.54 Å². The van der Waals surface area contributed by atoms with Crippen LogP contribution in [0.25, 0.3) is 0 Å². The summed E-state index contributed by atoms with van der Waals surface area (Å²) < 4.78 is 32.1. The molecule has 1 N–H and O–H groups in total. The number of benzene rings is 1. The van der Waals surface area contributed by atoms with E-state index in [4.69, 9.17) is 4.74 Å². The van der Waals surface area contributed by atoms with Gasteiger partial charge in [0.25, 0.3) is 0 Å². The van der Waals surface area contributed by atoms with E-state index in [1.54, 1.807) is 33.1 Å². The molecule has 0 aromatic heterocycles. The normalized spacial score (nSPS) is 11.6. The molecule has 0 amide bonds. The van der Waals surface area contributed by atoms with E-state index in [-0.39, 0.29) is 0 Å². The SMILES string of the molecule is CCCCNS(=O)(=O)c1c(C)cc(OC)cc1C. The van der Waals surface area contributed by atoms with Gasteiger partial charge in [0.05, 0.1) is 12.0 Å².